The Bertz CT molecular complexity index is 621. The fraction of sp³-hybridized carbons (Fsp3) is 0.935. The molecule has 0 amide bonds. The molecule has 0 fully saturated rings. The lowest BCUT2D eigenvalue weighted by atomic mass is 9.91. The van der Waals surface area contributed by atoms with Gasteiger partial charge in [0.1, 0.15) is 20.4 Å². The van der Waals surface area contributed by atoms with Crippen LogP contribution in [-0.2, 0) is 32.8 Å². The molecule has 0 aromatic heterocycles. The first-order chi connectivity index (χ1) is 18.9. The van der Waals surface area contributed by atoms with Gasteiger partial charge in [-0.1, -0.05) is 73.5 Å². The highest BCUT2D eigenvalue weighted by molar-refractivity contribution is 6.77. The van der Waals surface area contributed by atoms with Crippen LogP contribution in [0.25, 0.3) is 0 Å². The number of ether oxygens (including phenoxy) is 6. The number of hydrogen-bond acceptors (Lipinski definition) is 8. The second kappa shape index (κ2) is 22.2. The van der Waals surface area contributed by atoms with E-state index in [-0.39, 0.29) is 57.3 Å². The standard InChI is InChI=1S/C31H64O8Si/c1-13-14-28(36-20-33-10)17-26(8)18-30(37-21-34-11)27(9)31(38-22-35-12)19-29(15-16-32)39-40(23(2)3,24(4)5)25(6)7/h18,23-25,27-32H,13-17,19-22H2,1-12H3/b26-18+/t27-,28-,29-,30-,31+/m1/s1. The lowest BCUT2D eigenvalue weighted by Crippen LogP contribution is -2.51. The summed E-state index contributed by atoms with van der Waals surface area (Å²) in [5.41, 5.74) is 2.53. The summed E-state index contributed by atoms with van der Waals surface area (Å²) in [5, 5.41) is 10.0. The van der Waals surface area contributed by atoms with Crippen LogP contribution in [0.1, 0.15) is 94.4 Å². The fourth-order valence-corrected chi connectivity index (χ4v) is 11.7. The topological polar surface area (TPSA) is 84.8 Å². The van der Waals surface area contributed by atoms with Crippen molar-refractivity contribution in [1.82, 2.24) is 0 Å². The maximum atomic E-state index is 10.0. The van der Waals surface area contributed by atoms with Crippen molar-refractivity contribution in [2.75, 3.05) is 48.3 Å². The van der Waals surface area contributed by atoms with Gasteiger partial charge in [-0.05, 0) is 49.2 Å². The predicted molar refractivity (Wildman–Crippen MR) is 165 cm³/mol. The Kier molecular flexibility index (Phi) is 22.0. The molecule has 9 heteroatoms. The van der Waals surface area contributed by atoms with Crippen molar-refractivity contribution in [2.24, 2.45) is 5.92 Å². The predicted octanol–water partition coefficient (Wildman–Crippen LogP) is 7.06. The zero-order chi connectivity index (χ0) is 30.7. The molecule has 40 heavy (non-hydrogen) atoms. The number of rotatable bonds is 25. The summed E-state index contributed by atoms with van der Waals surface area (Å²) in [5.74, 6) is -0.0252. The van der Waals surface area contributed by atoms with E-state index >= 15 is 0 Å². The van der Waals surface area contributed by atoms with Crippen molar-refractivity contribution in [1.29, 1.82) is 0 Å². The summed E-state index contributed by atoms with van der Waals surface area (Å²) in [6.45, 7) is 20.8. The van der Waals surface area contributed by atoms with Crippen LogP contribution in [0, 0.1) is 5.92 Å². The first-order valence-electron chi connectivity index (χ1n) is 15.2. The molecular formula is C31H64O8Si. The molecule has 1 N–H and O–H groups in total. The van der Waals surface area contributed by atoms with Gasteiger partial charge in [-0.25, -0.2) is 0 Å². The lowest BCUT2D eigenvalue weighted by Gasteiger charge is -2.45. The third-order valence-electron chi connectivity index (χ3n) is 7.94. The molecule has 0 aromatic rings. The summed E-state index contributed by atoms with van der Waals surface area (Å²) in [4.78, 5) is 0. The average molecular weight is 593 g/mol. The van der Waals surface area contributed by atoms with E-state index in [2.05, 4.69) is 68.4 Å². The zero-order valence-electron chi connectivity index (χ0n) is 27.9. The fourth-order valence-electron chi connectivity index (χ4n) is 6.06. The molecule has 0 aliphatic carbocycles. The Morgan fingerprint density at radius 1 is 0.750 bits per heavy atom. The van der Waals surface area contributed by atoms with Gasteiger partial charge in [0.05, 0.1) is 18.3 Å². The van der Waals surface area contributed by atoms with E-state index in [1.165, 1.54) is 5.57 Å². The van der Waals surface area contributed by atoms with Crippen LogP contribution in [-0.4, -0.2) is 86.2 Å². The quantitative estimate of drug-likeness (QED) is 0.0685. The van der Waals surface area contributed by atoms with Crippen LogP contribution in [0.2, 0.25) is 16.6 Å². The van der Waals surface area contributed by atoms with Gasteiger partial charge in [0.25, 0.3) is 0 Å². The van der Waals surface area contributed by atoms with Crippen molar-refractivity contribution in [3.05, 3.63) is 11.6 Å². The molecule has 0 spiro atoms. The van der Waals surface area contributed by atoms with Gasteiger partial charge in [0, 0.05) is 40.0 Å². The number of aliphatic hydroxyl groups is 1. The van der Waals surface area contributed by atoms with Crippen LogP contribution in [0.3, 0.4) is 0 Å². The molecule has 0 aliphatic heterocycles. The normalized spacial score (nSPS) is 17.1. The van der Waals surface area contributed by atoms with Crippen LogP contribution < -0.4 is 0 Å². The first-order valence-corrected chi connectivity index (χ1v) is 17.4. The van der Waals surface area contributed by atoms with Crippen LogP contribution in [0.5, 0.6) is 0 Å². The van der Waals surface area contributed by atoms with Gasteiger partial charge in [0.2, 0.25) is 8.32 Å². The van der Waals surface area contributed by atoms with Gasteiger partial charge < -0.3 is 38.0 Å². The smallest absolute Gasteiger partial charge is 0.200 e. The second-order valence-corrected chi connectivity index (χ2v) is 17.4. The molecule has 0 rings (SSSR count). The average Bonchev–Trinajstić information content (AvgIpc) is 2.89. The molecule has 240 valence electrons. The zero-order valence-corrected chi connectivity index (χ0v) is 28.9. The third kappa shape index (κ3) is 13.7. The van der Waals surface area contributed by atoms with Crippen molar-refractivity contribution < 1.29 is 38.0 Å². The molecule has 0 saturated heterocycles. The van der Waals surface area contributed by atoms with E-state index in [1.54, 1.807) is 21.3 Å². The Labute approximate surface area is 247 Å². The highest BCUT2D eigenvalue weighted by Gasteiger charge is 2.47. The maximum Gasteiger partial charge on any atom is 0.200 e. The molecule has 8 nitrogen and oxygen atoms in total. The molecule has 0 bridgehead atoms. The van der Waals surface area contributed by atoms with Gasteiger partial charge in [-0.2, -0.15) is 0 Å². The van der Waals surface area contributed by atoms with Crippen molar-refractivity contribution in [2.45, 2.75) is 135 Å². The number of hydrogen-bond donors (Lipinski definition) is 1. The Morgan fingerprint density at radius 2 is 1.27 bits per heavy atom. The van der Waals surface area contributed by atoms with Crippen molar-refractivity contribution in [3.63, 3.8) is 0 Å². The minimum absolute atomic E-state index is 0.0252. The summed E-state index contributed by atoms with van der Waals surface area (Å²) in [6.07, 6.45) is 5.66. The van der Waals surface area contributed by atoms with Gasteiger partial charge in [-0.3, -0.25) is 0 Å². The van der Waals surface area contributed by atoms with E-state index in [9.17, 15) is 5.11 Å². The van der Waals surface area contributed by atoms with E-state index in [0.717, 1.165) is 19.3 Å². The summed E-state index contributed by atoms with van der Waals surface area (Å²) in [6, 6.07) is 0. The van der Waals surface area contributed by atoms with Gasteiger partial charge in [-0.15, -0.1) is 0 Å². The summed E-state index contributed by atoms with van der Waals surface area (Å²) in [7, 11) is 2.75. The monoisotopic (exact) mass is 592 g/mol. The molecule has 0 aromatic carbocycles. The largest absolute Gasteiger partial charge is 0.413 e. The Balaban J connectivity index is 6.13. The highest BCUT2D eigenvalue weighted by Crippen LogP contribution is 2.44. The van der Waals surface area contributed by atoms with Crippen LogP contribution in [0.15, 0.2) is 11.6 Å². The highest BCUT2D eigenvalue weighted by atomic mass is 28.4. The molecule has 0 saturated carbocycles. The number of aliphatic hydroxyl groups excluding tert-OH is 1. The maximum absolute atomic E-state index is 10.0. The Morgan fingerprint density at radius 3 is 1.75 bits per heavy atom. The molecule has 0 aliphatic rings. The Hall–Kier alpha value is -0.363. The first kappa shape index (κ1) is 39.6. The molecule has 0 unspecified atom stereocenters. The van der Waals surface area contributed by atoms with E-state index in [1.807, 2.05) is 0 Å². The van der Waals surface area contributed by atoms with Crippen molar-refractivity contribution >= 4 is 8.32 Å². The van der Waals surface area contributed by atoms with E-state index in [4.69, 9.17) is 32.8 Å². The minimum Gasteiger partial charge on any atom is -0.413 e. The van der Waals surface area contributed by atoms with Crippen LogP contribution >= 0.6 is 0 Å². The second-order valence-electron chi connectivity index (χ2n) is 12.0. The summed E-state index contributed by atoms with van der Waals surface area (Å²) < 4.78 is 41.3. The molecular weight excluding hydrogens is 528 g/mol. The van der Waals surface area contributed by atoms with Crippen molar-refractivity contribution in [3.8, 4) is 0 Å². The van der Waals surface area contributed by atoms with Gasteiger partial charge >= 0.3 is 0 Å². The third-order valence-corrected chi connectivity index (χ3v) is 14.1. The molecule has 0 heterocycles. The van der Waals surface area contributed by atoms with Gasteiger partial charge in [0.15, 0.2) is 0 Å². The van der Waals surface area contributed by atoms with E-state index < -0.39 is 8.32 Å². The SMILES string of the molecule is CCC[C@H](C/C(C)=C/[C@@H](OCOC)[C@@H](C)[C@H](C[C@@H](CCO)O[Si](C(C)C)(C(C)C)C(C)C)OCOC)OCOC. The summed E-state index contributed by atoms with van der Waals surface area (Å²) >= 11 is 0. The molecule has 0 radical (unpaired) electrons. The van der Waals surface area contributed by atoms with E-state index in [0.29, 0.717) is 29.5 Å². The lowest BCUT2D eigenvalue weighted by molar-refractivity contribution is -0.136. The molecule has 5 atom stereocenters. The number of methoxy groups -OCH3 is 3. The van der Waals surface area contributed by atoms with Crippen LogP contribution in [0.4, 0.5) is 0 Å². The minimum atomic E-state index is -2.16.